The van der Waals surface area contributed by atoms with Crippen LogP contribution in [0.25, 0.3) is 0 Å². The van der Waals surface area contributed by atoms with Gasteiger partial charge >= 0.3 is 0 Å². The second-order valence-electron chi connectivity index (χ2n) is 5.63. The topological polar surface area (TPSA) is 69.7 Å². The highest BCUT2D eigenvalue weighted by molar-refractivity contribution is 7.88. The first-order valence-corrected chi connectivity index (χ1v) is 8.99. The average Bonchev–Trinajstić information content (AvgIpc) is 2.39. The molecule has 0 fully saturated rings. The lowest BCUT2D eigenvalue weighted by Gasteiger charge is -2.21. The number of aryl methyl sites for hydroxylation is 1. The molecule has 1 aromatic carbocycles. The summed E-state index contributed by atoms with van der Waals surface area (Å²) in [6.45, 7) is 3.15. The number of rotatable bonds is 8. The summed E-state index contributed by atoms with van der Waals surface area (Å²) < 4.78 is 24.8. The number of hydrogen-bond donors (Lipinski definition) is 1. The van der Waals surface area contributed by atoms with Gasteiger partial charge in [-0.05, 0) is 33.2 Å². The first-order valence-electron chi connectivity index (χ1n) is 7.15. The largest absolute Gasteiger partial charge is 0.326 e. The second-order valence-corrected chi connectivity index (χ2v) is 7.61. The molecule has 0 spiro atoms. The smallest absolute Gasteiger partial charge is 0.225 e. The zero-order valence-corrected chi connectivity index (χ0v) is 14.5. The quantitative estimate of drug-likeness (QED) is 0.777. The van der Waals surface area contributed by atoms with Gasteiger partial charge < -0.3 is 10.2 Å². The number of carbonyl (C=O) groups excluding carboxylic acids is 1. The molecule has 1 N–H and O–H groups in total. The summed E-state index contributed by atoms with van der Waals surface area (Å²) in [5, 5.41) is 2.77. The van der Waals surface area contributed by atoms with Crippen LogP contribution in [0.5, 0.6) is 0 Å². The van der Waals surface area contributed by atoms with Crippen LogP contribution in [0.15, 0.2) is 24.3 Å². The molecule has 22 heavy (non-hydrogen) atoms. The van der Waals surface area contributed by atoms with E-state index < -0.39 is 10.0 Å². The van der Waals surface area contributed by atoms with E-state index in [2.05, 4.69) is 5.32 Å². The van der Waals surface area contributed by atoms with Gasteiger partial charge in [-0.1, -0.05) is 17.7 Å². The maximum atomic E-state index is 11.9. The number of likely N-dealkylation sites (N-methyl/N-ethyl adjacent to an activating group) is 1. The van der Waals surface area contributed by atoms with E-state index in [4.69, 9.17) is 0 Å². The van der Waals surface area contributed by atoms with Gasteiger partial charge in [-0.3, -0.25) is 4.79 Å². The number of benzene rings is 1. The number of nitrogens with one attached hydrogen (secondary N) is 1. The van der Waals surface area contributed by atoms with Crippen LogP contribution in [0.2, 0.25) is 0 Å². The maximum Gasteiger partial charge on any atom is 0.225 e. The molecule has 1 amide bonds. The third-order valence-electron chi connectivity index (χ3n) is 3.19. The van der Waals surface area contributed by atoms with E-state index in [1.165, 1.54) is 10.6 Å². The van der Waals surface area contributed by atoms with Gasteiger partial charge in [0, 0.05) is 31.7 Å². The van der Waals surface area contributed by atoms with Gasteiger partial charge in [-0.25, -0.2) is 12.7 Å². The fourth-order valence-electron chi connectivity index (χ4n) is 1.84. The lowest BCUT2D eigenvalue weighted by atomic mass is 10.2. The summed E-state index contributed by atoms with van der Waals surface area (Å²) in [5.74, 6) is -0.192. The molecule has 124 valence electrons. The lowest BCUT2D eigenvalue weighted by Crippen LogP contribution is -2.37. The summed E-state index contributed by atoms with van der Waals surface area (Å²) >= 11 is 0. The molecule has 0 bridgehead atoms. The Morgan fingerprint density at radius 3 is 2.18 bits per heavy atom. The summed E-state index contributed by atoms with van der Waals surface area (Å²) in [5.41, 5.74) is 1.83. The SMILES string of the molecule is Cc1ccc(NC(=O)CCN(CCN(C)C)S(C)(=O)=O)cc1. The standard InChI is InChI=1S/C15H25N3O3S/c1-13-5-7-14(8-6-13)16-15(19)9-10-18(22(4,20)21)12-11-17(2)3/h5-8H,9-12H2,1-4H3,(H,16,19). The Morgan fingerprint density at radius 1 is 1.09 bits per heavy atom. The monoisotopic (exact) mass is 327 g/mol. The van der Waals surface area contributed by atoms with Gasteiger partial charge in [-0.15, -0.1) is 0 Å². The Balaban J connectivity index is 2.53. The van der Waals surface area contributed by atoms with Crippen molar-refractivity contribution in [2.45, 2.75) is 13.3 Å². The zero-order valence-electron chi connectivity index (χ0n) is 13.7. The molecule has 0 radical (unpaired) electrons. The highest BCUT2D eigenvalue weighted by Gasteiger charge is 2.17. The molecule has 0 aliphatic heterocycles. The molecule has 6 nitrogen and oxygen atoms in total. The molecule has 0 saturated carbocycles. The second kappa shape index (κ2) is 8.26. The Morgan fingerprint density at radius 2 is 1.68 bits per heavy atom. The van der Waals surface area contributed by atoms with Crippen LogP contribution in [0.3, 0.4) is 0 Å². The van der Waals surface area contributed by atoms with Crippen LogP contribution in [0, 0.1) is 6.92 Å². The summed E-state index contributed by atoms with van der Waals surface area (Å²) in [4.78, 5) is 13.8. The summed E-state index contributed by atoms with van der Waals surface area (Å²) in [6.07, 6.45) is 1.30. The molecule has 1 rings (SSSR count). The van der Waals surface area contributed by atoms with Gasteiger partial charge in [0.2, 0.25) is 15.9 Å². The van der Waals surface area contributed by atoms with Crippen molar-refractivity contribution in [3.05, 3.63) is 29.8 Å². The minimum atomic E-state index is -3.31. The average molecular weight is 327 g/mol. The molecule has 0 aromatic heterocycles. The van der Waals surface area contributed by atoms with Gasteiger partial charge in [0.15, 0.2) is 0 Å². The minimum Gasteiger partial charge on any atom is -0.326 e. The van der Waals surface area contributed by atoms with E-state index in [1.54, 1.807) is 0 Å². The molecule has 7 heteroatoms. The molecule has 0 heterocycles. The predicted octanol–water partition coefficient (Wildman–Crippen LogP) is 1.15. The number of hydrogen-bond acceptors (Lipinski definition) is 4. The van der Waals surface area contributed by atoms with Crippen LogP contribution in [-0.2, 0) is 14.8 Å². The first-order chi connectivity index (χ1) is 10.2. The maximum absolute atomic E-state index is 11.9. The highest BCUT2D eigenvalue weighted by Crippen LogP contribution is 2.09. The number of anilines is 1. The van der Waals surface area contributed by atoms with Crippen LogP contribution in [0.4, 0.5) is 5.69 Å². The highest BCUT2D eigenvalue weighted by atomic mass is 32.2. The molecule has 0 atom stereocenters. The van der Waals surface area contributed by atoms with Crippen molar-refractivity contribution in [3.8, 4) is 0 Å². The van der Waals surface area contributed by atoms with Gasteiger partial charge in [-0.2, -0.15) is 0 Å². The number of sulfonamides is 1. The van der Waals surface area contributed by atoms with Gasteiger partial charge in [0.1, 0.15) is 0 Å². The number of nitrogens with zero attached hydrogens (tertiary/aromatic N) is 2. The van der Waals surface area contributed by atoms with Crippen LogP contribution >= 0.6 is 0 Å². The van der Waals surface area contributed by atoms with Gasteiger partial charge in [0.05, 0.1) is 6.26 Å². The van der Waals surface area contributed by atoms with Crippen molar-refractivity contribution >= 4 is 21.6 Å². The van der Waals surface area contributed by atoms with Crippen LogP contribution in [-0.4, -0.2) is 63.5 Å². The third-order valence-corrected chi connectivity index (χ3v) is 4.49. The van der Waals surface area contributed by atoms with E-state index in [0.717, 1.165) is 11.3 Å². The molecule has 1 aromatic rings. The van der Waals surface area contributed by atoms with Crippen molar-refractivity contribution in [2.24, 2.45) is 0 Å². The fourth-order valence-corrected chi connectivity index (χ4v) is 2.68. The Labute approximate surface area is 133 Å². The van der Waals surface area contributed by atoms with Crippen molar-refractivity contribution in [1.82, 2.24) is 9.21 Å². The van der Waals surface area contributed by atoms with Crippen molar-refractivity contribution in [1.29, 1.82) is 0 Å². The van der Waals surface area contributed by atoms with Gasteiger partial charge in [0.25, 0.3) is 0 Å². The minimum absolute atomic E-state index is 0.133. The van der Waals surface area contributed by atoms with E-state index in [-0.39, 0.29) is 18.9 Å². The van der Waals surface area contributed by atoms with Crippen molar-refractivity contribution < 1.29 is 13.2 Å². The van der Waals surface area contributed by atoms with Crippen molar-refractivity contribution in [2.75, 3.05) is 45.3 Å². The molecule has 0 unspecified atom stereocenters. The predicted molar refractivity (Wildman–Crippen MR) is 89.4 cm³/mol. The van der Waals surface area contributed by atoms with E-state index in [9.17, 15) is 13.2 Å². The molecular formula is C15H25N3O3S. The van der Waals surface area contributed by atoms with Crippen molar-refractivity contribution in [3.63, 3.8) is 0 Å². The molecule has 0 aliphatic rings. The van der Waals surface area contributed by atoms with Crippen LogP contribution < -0.4 is 5.32 Å². The normalized spacial score (nSPS) is 11.9. The van der Waals surface area contributed by atoms with E-state index in [1.807, 2.05) is 50.2 Å². The van der Waals surface area contributed by atoms with E-state index >= 15 is 0 Å². The van der Waals surface area contributed by atoms with Crippen LogP contribution in [0.1, 0.15) is 12.0 Å². The Kier molecular flexibility index (Phi) is 6.99. The molecule has 0 saturated heterocycles. The number of carbonyl (C=O) groups is 1. The summed E-state index contributed by atoms with van der Waals surface area (Å²) in [6, 6.07) is 7.48. The Bertz CT molecular complexity index is 583. The number of amides is 1. The Hall–Kier alpha value is -1.44. The fraction of sp³-hybridized carbons (Fsp3) is 0.533. The first kappa shape index (κ1) is 18.6. The summed E-state index contributed by atoms with van der Waals surface area (Å²) in [7, 11) is 0.451. The molecule has 0 aliphatic carbocycles. The zero-order chi connectivity index (χ0) is 16.8. The third kappa shape index (κ3) is 7.02. The van der Waals surface area contributed by atoms with E-state index in [0.29, 0.717) is 13.1 Å². The lowest BCUT2D eigenvalue weighted by molar-refractivity contribution is -0.116. The molecular weight excluding hydrogens is 302 g/mol.